The van der Waals surface area contributed by atoms with Crippen molar-refractivity contribution < 1.29 is 19.1 Å². The number of rotatable bonds is 12. The van der Waals surface area contributed by atoms with Crippen molar-refractivity contribution in [1.82, 2.24) is 9.88 Å². The van der Waals surface area contributed by atoms with Gasteiger partial charge in [0.2, 0.25) is 5.91 Å². The van der Waals surface area contributed by atoms with Crippen molar-refractivity contribution in [3.8, 4) is 11.1 Å². The molecular weight excluding hydrogens is 497 g/mol. The van der Waals surface area contributed by atoms with Crippen molar-refractivity contribution >= 4 is 34.8 Å². The Morgan fingerprint density at radius 2 is 1.79 bits per heavy atom. The molecule has 3 rings (SSSR count). The predicted octanol–water partition coefficient (Wildman–Crippen LogP) is 5.47. The van der Waals surface area contributed by atoms with E-state index in [1.807, 2.05) is 31.2 Å². The summed E-state index contributed by atoms with van der Waals surface area (Å²) in [5.74, 6) is -1.36. The van der Waals surface area contributed by atoms with Gasteiger partial charge in [0.15, 0.2) is 5.96 Å². The van der Waals surface area contributed by atoms with E-state index in [-0.39, 0.29) is 30.3 Å². The third-order valence-electron chi connectivity index (χ3n) is 5.85. The maximum absolute atomic E-state index is 13.5. The molecule has 210 valence electrons. The Bertz CT molecular complexity index is 1280. The number of carboxylic acids is 1. The SMILES string of the molecule is CC(C)n1c(/C=C/CCCCC(=O)NCC(=O)O)c(-c2ccc(F)cc2)c2ccccc21.CCCN=C(N)N. The van der Waals surface area contributed by atoms with Gasteiger partial charge in [0.05, 0.1) is 0 Å². The van der Waals surface area contributed by atoms with Gasteiger partial charge >= 0.3 is 5.97 Å². The topological polar surface area (TPSA) is 136 Å². The maximum Gasteiger partial charge on any atom is 0.322 e. The molecule has 3 aromatic rings. The number of halogens is 1. The van der Waals surface area contributed by atoms with Crippen LogP contribution in [0.4, 0.5) is 4.39 Å². The Morgan fingerprint density at radius 3 is 2.38 bits per heavy atom. The monoisotopic (exact) mass is 537 g/mol. The van der Waals surface area contributed by atoms with E-state index in [0.717, 1.165) is 53.5 Å². The number of nitrogens with one attached hydrogen (secondary N) is 1. The van der Waals surface area contributed by atoms with Crippen LogP contribution in [0.15, 0.2) is 59.6 Å². The summed E-state index contributed by atoms with van der Waals surface area (Å²) in [6.07, 6.45) is 7.85. The molecule has 0 aliphatic carbocycles. The maximum atomic E-state index is 13.5. The lowest BCUT2D eigenvalue weighted by Crippen LogP contribution is -2.28. The number of unbranched alkanes of at least 4 members (excludes halogenated alkanes) is 2. The number of aliphatic imine (C=N–C) groups is 1. The number of nitrogens with zero attached hydrogens (tertiary/aromatic N) is 2. The molecule has 0 bridgehead atoms. The molecule has 0 saturated carbocycles. The lowest BCUT2D eigenvalue weighted by molar-refractivity contribution is -0.137. The zero-order chi connectivity index (χ0) is 28.8. The Labute approximate surface area is 229 Å². The van der Waals surface area contributed by atoms with Crippen LogP contribution in [0.1, 0.15) is 64.6 Å². The molecule has 9 heteroatoms. The van der Waals surface area contributed by atoms with E-state index in [9.17, 15) is 14.0 Å². The van der Waals surface area contributed by atoms with Crippen molar-refractivity contribution in [3.05, 3.63) is 66.1 Å². The molecule has 1 aromatic heterocycles. The highest BCUT2D eigenvalue weighted by Crippen LogP contribution is 2.38. The van der Waals surface area contributed by atoms with Crippen molar-refractivity contribution in [2.45, 2.75) is 58.9 Å². The van der Waals surface area contributed by atoms with E-state index in [1.54, 1.807) is 0 Å². The number of aliphatic carboxylic acids is 1. The number of nitrogens with two attached hydrogens (primary N) is 2. The molecule has 39 heavy (non-hydrogen) atoms. The summed E-state index contributed by atoms with van der Waals surface area (Å²) in [7, 11) is 0. The lowest BCUT2D eigenvalue weighted by Gasteiger charge is -2.13. The van der Waals surface area contributed by atoms with Crippen LogP contribution in [0.25, 0.3) is 28.1 Å². The summed E-state index contributed by atoms with van der Waals surface area (Å²) in [6, 6.07) is 15.1. The lowest BCUT2D eigenvalue weighted by atomic mass is 10.0. The highest BCUT2D eigenvalue weighted by Gasteiger charge is 2.18. The molecule has 0 radical (unpaired) electrons. The molecule has 0 fully saturated rings. The van der Waals surface area contributed by atoms with Crippen molar-refractivity contribution in [3.63, 3.8) is 0 Å². The first-order valence-corrected chi connectivity index (χ1v) is 13.2. The Morgan fingerprint density at radius 1 is 1.10 bits per heavy atom. The molecule has 1 amide bonds. The molecule has 0 unspecified atom stereocenters. The average molecular weight is 538 g/mol. The third kappa shape index (κ3) is 9.92. The molecule has 0 spiro atoms. The largest absolute Gasteiger partial charge is 0.480 e. The minimum Gasteiger partial charge on any atom is -0.480 e. The minimum atomic E-state index is -1.04. The fraction of sp³-hybridized carbons (Fsp3) is 0.367. The molecule has 8 nitrogen and oxygen atoms in total. The predicted molar refractivity (Wildman–Crippen MR) is 157 cm³/mol. The van der Waals surface area contributed by atoms with Crippen molar-refractivity contribution in [1.29, 1.82) is 0 Å². The van der Waals surface area contributed by atoms with Crippen LogP contribution in [0.2, 0.25) is 0 Å². The normalized spacial score (nSPS) is 10.9. The number of hydrogen-bond donors (Lipinski definition) is 4. The third-order valence-corrected chi connectivity index (χ3v) is 5.85. The quantitative estimate of drug-likeness (QED) is 0.138. The summed E-state index contributed by atoms with van der Waals surface area (Å²) < 4.78 is 15.8. The van der Waals surface area contributed by atoms with Crippen LogP contribution >= 0.6 is 0 Å². The zero-order valence-electron chi connectivity index (χ0n) is 23.0. The molecule has 0 aliphatic heterocycles. The summed E-state index contributed by atoms with van der Waals surface area (Å²) in [5, 5.41) is 12.1. The molecule has 0 aliphatic rings. The Hall–Kier alpha value is -4.14. The second-order valence-electron chi connectivity index (χ2n) is 9.37. The highest BCUT2D eigenvalue weighted by atomic mass is 19.1. The number of para-hydroxylation sites is 1. The summed E-state index contributed by atoms with van der Waals surface area (Å²) in [5.41, 5.74) is 14.3. The van der Waals surface area contributed by atoms with E-state index >= 15 is 0 Å². The highest BCUT2D eigenvalue weighted by molar-refractivity contribution is 6.01. The van der Waals surface area contributed by atoms with E-state index in [2.05, 4.69) is 53.0 Å². The van der Waals surface area contributed by atoms with E-state index in [0.29, 0.717) is 12.8 Å². The van der Waals surface area contributed by atoms with Crippen LogP contribution in [-0.2, 0) is 9.59 Å². The van der Waals surface area contributed by atoms with Gasteiger partial charge in [0.25, 0.3) is 0 Å². The van der Waals surface area contributed by atoms with Gasteiger partial charge in [0, 0.05) is 41.2 Å². The molecule has 1 heterocycles. The number of guanidine groups is 1. The molecular formula is C30H40FN5O3. The first-order chi connectivity index (χ1) is 18.6. The van der Waals surface area contributed by atoms with Gasteiger partial charge < -0.3 is 26.5 Å². The Kier molecular flexibility index (Phi) is 12.7. The minimum absolute atomic E-state index is 0.182. The molecule has 2 aromatic carbocycles. The second-order valence-corrected chi connectivity index (χ2v) is 9.37. The van der Waals surface area contributed by atoms with E-state index in [4.69, 9.17) is 16.6 Å². The van der Waals surface area contributed by atoms with Gasteiger partial charge in [-0.2, -0.15) is 0 Å². The average Bonchev–Trinajstić information content (AvgIpc) is 3.23. The first-order valence-electron chi connectivity index (χ1n) is 13.2. The fourth-order valence-corrected chi connectivity index (χ4v) is 4.17. The van der Waals surface area contributed by atoms with Crippen LogP contribution in [-0.4, -0.2) is 40.6 Å². The van der Waals surface area contributed by atoms with Crippen molar-refractivity contribution in [2.24, 2.45) is 16.5 Å². The summed E-state index contributed by atoms with van der Waals surface area (Å²) in [6.45, 7) is 6.71. The standard InChI is InChI=1S/C26H29FN2O3.C4H11N3/c1-18(2)29-22-10-8-7-9-21(22)26(19-13-15-20(27)16-14-19)23(29)11-5-3-4-6-12-24(30)28-17-25(31)32;1-2-3-7-4(5)6/h5,7-11,13-16,18H,3-4,6,12,17H2,1-2H3,(H,28,30)(H,31,32);2-3H2,1H3,(H4,5,6,7)/b11-5+;. The van der Waals surface area contributed by atoms with Crippen LogP contribution in [0.3, 0.4) is 0 Å². The molecule has 0 saturated heterocycles. The van der Waals surface area contributed by atoms with Crippen LogP contribution < -0.4 is 16.8 Å². The number of amides is 1. The van der Waals surface area contributed by atoms with Crippen LogP contribution in [0, 0.1) is 5.82 Å². The van der Waals surface area contributed by atoms with Gasteiger partial charge in [0.1, 0.15) is 12.4 Å². The first kappa shape index (κ1) is 31.1. The van der Waals surface area contributed by atoms with E-state index < -0.39 is 5.97 Å². The Balaban J connectivity index is 0.000000673. The van der Waals surface area contributed by atoms with Gasteiger partial charge in [-0.05, 0) is 69.4 Å². The number of aromatic nitrogens is 1. The van der Waals surface area contributed by atoms with Gasteiger partial charge in [-0.3, -0.25) is 14.6 Å². The van der Waals surface area contributed by atoms with Crippen LogP contribution in [0.5, 0.6) is 0 Å². The number of hydrogen-bond acceptors (Lipinski definition) is 3. The number of allylic oxidation sites excluding steroid dienone is 1. The molecule has 6 N–H and O–H groups in total. The summed E-state index contributed by atoms with van der Waals surface area (Å²) in [4.78, 5) is 25.8. The summed E-state index contributed by atoms with van der Waals surface area (Å²) >= 11 is 0. The fourth-order valence-electron chi connectivity index (χ4n) is 4.17. The van der Waals surface area contributed by atoms with Gasteiger partial charge in [-0.1, -0.05) is 43.3 Å². The molecule has 0 atom stereocenters. The van der Waals surface area contributed by atoms with Crippen molar-refractivity contribution in [2.75, 3.05) is 13.1 Å². The number of carboxylic acid groups (broad SMARTS) is 1. The number of carbonyl (C=O) groups is 2. The number of fused-ring (bicyclic) bond motifs is 1. The zero-order valence-corrected chi connectivity index (χ0v) is 23.0. The van der Waals surface area contributed by atoms with E-state index in [1.165, 1.54) is 12.1 Å². The van der Waals surface area contributed by atoms with Gasteiger partial charge in [-0.25, -0.2) is 4.39 Å². The number of benzene rings is 2. The smallest absolute Gasteiger partial charge is 0.322 e. The number of carbonyl (C=O) groups excluding carboxylic acids is 1. The van der Waals surface area contributed by atoms with Gasteiger partial charge in [-0.15, -0.1) is 0 Å². The second kappa shape index (κ2) is 16.0.